The Bertz CT molecular complexity index is 638. The summed E-state index contributed by atoms with van der Waals surface area (Å²) in [7, 11) is 1.91. The topological polar surface area (TPSA) is 32.3 Å². The molecule has 2 aromatic rings. The monoisotopic (exact) mass is 318 g/mol. The Morgan fingerprint density at radius 3 is 2.73 bits per heavy atom. The van der Waals surface area contributed by atoms with Crippen LogP contribution in [0.25, 0.3) is 10.8 Å². The molecule has 0 aromatic heterocycles. The average molecular weight is 319 g/mol. The molecule has 2 aromatic carbocycles. The molecule has 1 fully saturated rings. The predicted octanol–water partition coefficient (Wildman–Crippen LogP) is 3.22. The van der Waals surface area contributed by atoms with Crippen molar-refractivity contribution in [1.29, 1.82) is 0 Å². The van der Waals surface area contributed by atoms with Crippen molar-refractivity contribution < 1.29 is 4.79 Å². The molecular weight excluding hydrogens is 296 g/mol. The first kappa shape index (κ1) is 16.8. The SMILES string of the molecule is CN(Cc1ccc2ccccc2c1)C(=O)C1CCCNC1.Cl. The number of piperidine rings is 1. The van der Waals surface area contributed by atoms with Gasteiger partial charge in [-0.2, -0.15) is 0 Å². The summed E-state index contributed by atoms with van der Waals surface area (Å²) in [5.41, 5.74) is 1.19. The van der Waals surface area contributed by atoms with Crippen LogP contribution in [-0.2, 0) is 11.3 Å². The fourth-order valence-electron chi connectivity index (χ4n) is 3.06. The van der Waals surface area contributed by atoms with Crippen LogP contribution in [0.5, 0.6) is 0 Å². The number of hydrogen-bond acceptors (Lipinski definition) is 2. The number of hydrogen-bond donors (Lipinski definition) is 1. The van der Waals surface area contributed by atoms with E-state index in [1.54, 1.807) is 0 Å². The van der Waals surface area contributed by atoms with Crippen LogP contribution in [0.15, 0.2) is 42.5 Å². The second-order valence-electron chi connectivity index (χ2n) is 5.92. The minimum atomic E-state index is 0. The van der Waals surface area contributed by atoms with Gasteiger partial charge in [-0.15, -0.1) is 12.4 Å². The Hall–Kier alpha value is -1.58. The van der Waals surface area contributed by atoms with E-state index in [9.17, 15) is 4.79 Å². The number of nitrogens with zero attached hydrogens (tertiary/aromatic N) is 1. The van der Waals surface area contributed by atoms with Crippen molar-refractivity contribution in [3.8, 4) is 0 Å². The number of fused-ring (bicyclic) bond motifs is 1. The fraction of sp³-hybridized carbons (Fsp3) is 0.389. The maximum atomic E-state index is 12.5. The van der Waals surface area contributed by atoms with E-state index in [1.807, 2.05) is 18.0 Å². The van der Waals surface area contributed by atoms with Gasteiger partial charge in [0.25, 0.3) is 0 Å². The molecule has 118 valence electrons. The Morgan fingerprint density at radius 1 is 1.23 bits per heavy atom. The summed E-state index contributed by atoms with van der Waals surface area (Å²) in [6, 6.07) is 14.8. The molecule has 0 radical (unpaired) electrons. The lowest BCUT2D eigenvalue weighted by molar-refractivity contribution is -0.135. The molecule has 3 nitrogen and oxygen atoms in total. The first-order valence-corrected chi connectivity index (χ1v) is 7.67. The van der Waals surface area contributed by atoms with Gasteiger partial charge in [0, 0.05) is 20.1 Å². The van der Waals surface area contributed by atoms with Gasteiger partial charge in [-0.1, -0.05) is 36.4 Å². The third kappa shape index (κ3) is 3.79. The molecule has 1 atom stereocenters. The number of nitrogens with one attached hydrogen (secondary N) is 1. The molecule has 0 aliphatic carbocycles. The van der Waals surface area contributed by atoms with Crippen molar-refractivity contribution in [1.82, 2.24) is 10.2 Å². The molecule has 1 aliphatic heterocycles. The molecule has 1 saturated heterocycles. The third-order valence-electron chi connectivity index (χ3n) is 4.26. The number of halogens is 1. The molecule has 0 bridgehead atoms. The lowest BCUT2D eigenvalue weighted by Gasteiger charge is -2.27. The smallest absolute Gasteiger partial charge is 0.227 e. The van der Waals surface area contributed by atoms with Crippen molar-refractivity contribution in [2.24, 2.45) is 5.92 Å². The highest BCUT2D eigenvalue weighted by molar-refractivity contribution is 5.85. The van der Waals surface area contributed by atoms with Gasteiger partial charge in [-0.25, -0.2) is 0 Å². The molecule has 1 unspecified atom stereocenters. The maximum Gasteiger partial charge on any atom is 0.227 e. The van der Waals surface area contributed by atoms with Gasteiger partial charge in [0.15, 0.2) is 0 Å². The molecule has 0 spiro atoms. The van der Waals surface area contributed by atoms with E-state index < -0.39 is 0 Å². The van der Waals surface area contributed by atoms with Crippen molar-refractivity contribution in [2.75, 3.05) is 20.1 Å². The zero-order valence-electron chi connectivity index (χ0n) is 12.9. The summed E-state index contributed by atoms with van der Waals surface area (Å²) in [5.74, 6) is 0.402. The molecule has 3 rings (SSSR count). The van der Waals surface area contributed by atoms with Crippen LogP contribution in [0.3, 0.4) is 0 Å². The summed E-state index contributed by atoms with van der Waals surface area (Å²) < 4.78 is 0. The molecular formula is C18H23ClN2O. The molecule has 4 heteroatoms. The average Bonchev–Trinajstić information content (AvgIpc) is 2.55. The first-order valence-electron chi connectivity index (χ1n) is 7.67. The second-order valence-corrected chi connectivity index (χ2v) is 5.92. The Balaban J connectivity index is 0.00000176. The van der Waals surface area contributed by atoms with Gasteiger partial charge in [0.1, 0.15) is 0 Å². The molecule has 22 heavy (non-hydrogen) atoms. The summed E-state index contributed by atoms with van der Waals surface area (Å²) in [6.07, 6.45) is 2.11. The van der Waals surface area contributed by atoms with E-state index in [0.29, 0.717) is 6.54 Å². The molecule has 1 N–H and O–H groups in total. The van der Waals surface area contributed by atoms with E-state index in [4.69, 9.17) is 0 Å². The van der Waals surface area contributed by atoms with Gasteiger partial charge in [0.05, 0.1) is 5.92 Å². The summed E-state index contributed by atoms with van der Waals surface area (Å²) in [6.45, 7) is 2.54. The lowest BCUT2D eigenvalue weighted by atomic mass is 9.98. The van der Waals surface area contributed by atoms with E-state index in [1.165, 1.54) is 16.3 Å². The Morgan fingerprint density at radius 2 is 2.00 bits per heavy atom. The number of carbonyl (C=O) groups is 1. The first-order chi connectivity index (χ1) is 10.2. The van der Waals surface area contributed by atoms with Crippen molar-refractivity contribution >= 4 is 29.1 Å². The zero-order valence-corrected chi connectivity index (χ0v) is 13.7. The van der Waals surface area contributed by atoms with Gasteiger partial charge in [0.2, 0.25) is 5.91 Å². The minimum absolute atomic E-state index is 0. The number of amides is 1. The summed E-state index contributed by atoms with van der Waals surface area (Å²) in [4.78, 5) is 14.3. The van der Waals surface area contributed by atoms with Crippen LogP contribution in [0, 0.1) is 5.92 Å². The largest absolute Gasteiger partial charge is 0.341 e. The van der Waals surface area contributed by atoms with E-state index in [0.717, 1.165) is 25.9 Å². The van der Waals surface area contributed by atoms with Crippen LogP contribution in [0.2, 0.25) is 0 Å². The van der Waals surface area contributed by atoms with Crippen LogP contribution in [-0.4, -0.2) is 30.9 Å². The highest BCUT2D eigenvalue weighted by Gasteiger charge is 2.23. The quantitative estimate of drug-likeness (QED) is 0.942. The van der Waals surface area contributed by atoms with Crippen LogP contribution < -0.4 is 5.32 Å². The van der Waals surface area contributed by atoms with Gasteiger partial charge in [-0.3, -0.25) is 4.79 Å². The number of benzene rings is 2. The zero-order chi connectivity index (χ0) is 14.7. The number of carbonyl (C=O) groups excluding carboxylic acids is 1. The van der Waals surface area contributed by atoms with E-state index in [2.05, 4.69) is 41.7 Å². The van der Waals surface area contributed by atoms with Crippen LogP contribution >= 0.6 is 12.4 Å². The van der Waals surface area contributed by atoms with Crippen molar-refractivity contribution in [3.63, 3.8) is 0 Å². The van der Waals surface area contributed by atoms with Gasteiger partial charge >= 0.3 is 0 Å². The van der Waals surface area contributed by atoms with Crippen molar-refractivity contribution in [3.05, 3.63) is 48.0 Å². The standard InChI is InChI=1S/C18H22N2O.ClH/c1-20(18(21)17-7-4-10-19-12-17)13-14-8-9-15-5-2-3-6-16(15)11-14;/h2-3,5-6,8-9,11,17,19H,4,7,10,12-13H2,1H3;1H. The van der Waals surface area contributed by atoms with Gasteiger partial charge in [-0.05, 0) is 41.8 Å². The molecule has 1 aliphatic rings. The Kier molecular flexibility index (Phi) is 5.81. The third-order valence-corrected chi connectivity index (χ3v) is 4.26. The van der Waals surface area contributed by atoms with Gasteiger partial charge < -0.3 is 10.2 Å². The molecule has 1 amide bonds. The van der Waals surface area contributed by atoms with E-state index >= 15 is 0 Å². The second kappa shape index (κ2) is 7.61. The van der Waals surface area contributed by atoms with Crippen molar-refractivity contribution in [2.45, 2.75) is 19.4 Å². The highest BCUT2D eigenvalue weighted by atomic mass is 35.5. The summed E-state index contributed by atoms with van der Waals surface area (Å²) in [5, 5.41) is 5.79. The fourth-order valence-corrected chi connectivity index (χ4v) is 3.06. The van der Waals surface area contributed by atoms with Crippen LogP contribution in [0.1, 0.15) is 18.4 Å². The normalized spacial score (nSPS) is 17.8. The molecule has 0 saturated carbocycles. The summed E-state index contributed by atoms with van der Waals surface area (Å²) >= 11 is 0. The predicted molar refractivity (Wildman–Crippen MR) is 93.3 cm³/mol. The van der Waals surface area contributed by atoms with E-state index in [-0.39, 0.29) is 24.2 Å². The Labute approximate surface area is 138 Å². The maximum absolute atomic E-state index is 12.5. The number of rotatable bonds is 3. The molecule has 1 heterocycles. The lowest BCUT2D eigenvalue weighted by Crippen LogP contribution is -2.41. The highest BCUT2D eigenvalue weighted by Crippen LogP contribution is 2.18. The van der Waals surface area contributed by atoms with Crippen LogP contribution in [0.4, 0.5) is 0 Å². The minimum Gasteiger partial charge on any atom is -0.341 e.